The van der Waals surface area contributed by atoms with Gasteiger partial charge in [-0.3, -0.25) is 4.98 Å². The first-order valence-corrected chi connectivity index (χ1v) is 4.34. The van der Waals surface area contributed by atoms with Crippen LogP contribution in [-0.2, 0) is 10.2 Å². The molecule has 0 aliphatic heterocycles. The van der Waals surface area contributed by atoms with Crippen molar-refractivity contribution in [3.63, 3.8) is 0 Å². The van der Waals surface area contributed by atoms with Gasteiger partial charge in [-0.2, -0.15) is 0 Å². The van der Waals surface area contributed by atoms with Crippen LogP contribution in [0.2, 0.25) is 0 Å². The summed E-state index contributed by atoms with van der Waals surface area (Å²) in [5.74, 6) is -0.983. The van der Waals surface area contributed by atoms with E-state index in [-0.39, 0.29) is 30.7 Å². The van der Waals surface area contributed by atoms with Crippen LogP contribution < -0.4 is 24.0 Å². The van der Waals surface area contributed by atoms with E-state index in [9.17, 15) is 9.90 Å². The molecule has 3 nitrogen and oxygen atoms in total. The minimum absolute atomic E-state index is 0. The smallest absolute Gasteiger partial charge is 0.550 e. The number of aliphatic carboxylic acids is 1. The third-order valence-electron chi connectivity index (χ3n) is 2.54. The van der Waals surface area contributed by atoms with E-state index >= 15 is 0 Å². The van der Waals surface area contributed by atoms with Gasteiger partial charge in [0.25, 0.3) is 0 Å². The topological polar surface area (TPSA) is 53.0 Å². The normalized spacial score (nSPS) is 16.9. The molecule has 4 heteroatoms. The van der Waals surface area contributed by atoms with Gasteiger partial charge in [0.05, 0.1) is 0 Å². The summed E-state index contributed by atoms with van der Waals surface area (Å²) < 4.78 is 0. The zero-order chi connectivity index (χ0) is 9.31. The monoisotopic (exact) mass is 183 g/mol. The van der Waals surface area contributed by atoms with Gasteiger partial charge < -0.3 is 9.90 Å². The van der Waals surface area contributed by atoms with Crippen LogP contribution in [0, 0.1) is 0 Å². The Bertz CT molecular complexity index is 322. The molecule has 0 atom stereocenters. The first-order chi connectivity index (χ1) is 6.23. The second-order valence-corrected chi connectivity index (χ2v) is 3.54. The summed E-state index contributed by atoms with van der Waals surface area (Å²) in [5, 5.41) is 10.5. The summed E-state index contributed by atoms with van der Waals surface area (Å²) in [4.78, 5) is 14.7. The van der Waals surface area contributed by atoms with E-state index in [0.717, 1.165) is 18.5 Å². The van der Waals surface area contributed by atoms with E-state index < -0.39 is 5.97 Å². The second kappa shape index (κ2) is 4.16. The van der Waals surface area contributed by atoms with Crippen molar-refractivity contribution >= 4 is 5.97 Å². The molecule has 1 saturated carbocycles. The van der Waals surface area contributed by atoms with Gasteiger partial charge in [0.2, 0.25) is 0 Å². The molecule has 0 spiro atoms. The van der Waals surface area contributed by atoms with Gasteiger partial charge in [-0.25, -0.2) is 0 Å². The molecular weight excluding hydrogens is 173 g/mol. The summed E-state index contributed by atoms with van der Waals surface area (Å²) >= 11 is 0. The van der Waals surface area contributed by atoms with Gasteiger partial charge in [0.1, 0.15) is 0 Å². The largest absolute Gasteiger partial charge is 1.00 e. The van der Waals surface area contributed by atoms with Gasteiger partial charge in [-0.1, -0.05) is 6.07 Å². The van der Waals surface area contributed by atoms with Crippen LogP contribution in [0.15, 0.2) is 24.4 Å². The molecule has 1 aliphatic carbocycles. The van der Waals surface area contributed by atoms with Crippen LogP contribution in [0.3, 0.4) is 0 Å². The third kappa shape index (κ3) is 2.17. The summed E-state index contributed by atoms with van der Waals surface area (Å²) in [5.41, 5.74) is 0.680. The Kier molecular flexibility index (Phi) is 3.36. The number of aromatic nitrogens is 1. The van der Waals surface area contributed by atoms with E-state index in [2.05, 4.69) is 4.98 Å². The van der Waals surface area contributed by atoms with E-state index in [0.29, 0.717) is 0 Å². The number of carboxylic acid groups (broad SMARTS) is 1. The van der Waals surface area contributed by atoms with Crippen molar-refractivity contribution in [3.05, 3.63) is 30.1 Å². The minimum atomic E-state index is -0.983. The summed E-state index contributed by atoms with van der Waals surface area (Å²) in [6, 6.07) is 5.60. The Balaban J connectivity index is 0.000000980. The zero-order valence-corrected chi connectivity index (χ0v) is 8.19. The fourth-order valence-corrected chi connectivity index (χ4v) is 1.63. The molecule has 0 bridgehead atoms. The molecule has 68 valence electrons. The van der Waals surface area contributed by atoms with Crippen LogP contribution in [0.1, 0.15) is 25.0 Å². The number of carboxylic acids is 1. The first-order valence-electron chi connectivity index (χ1n) is 4.34. The predicted molar refractivity (Wildman–Crippen MR) is 44.8 cm³/mol. The van der Waals surface area contributed by atoms with Gasteiger partial charge in [-0.05, 0) is 31.4 Å². The Labute approximate surface area is 94.7 Å². The Morgan fingerprint density at radius 2 is 2.21 bits per heavy atom. The molecule has 1 aromatic heterocycles. The van der Waals surface area contributed by atoms with Crippen molar-refractivity contribution in [3.8, 4) is 0 Å². The maximum absolute atomic E-state index is 10.5. The van der Waals surface area contributed by atoms with Crippen molar-refractivity contribution in [2.75, 3.05) is 0 Å². The second-order valence-electron chi connectivity index (χ2n) is 3.54. The number of hydrogen-bond acceptors (Lipinski definition) is 3. The SMILES string of the molecule is O=C([O-])CC1(c2ccccn2)CC1.[Li+]. The minimum Gasteiger partial charge on any atom is -0.550 e. The average Bonchev–Trinajstić information content (AvgIpc) is 2.86. The maximum atomic E-state index is 10.5. The summed E-state index contributed by atoms with van der Waals surface area (Å²) in [6.07, 6.45) is 3.63. The summed E-state index contributed by atoms with van der Waals surface area (Å²) in [7, 11) is 0. The van der Waals surface area contributed by atoms with E-state index in [1.807, 2.05) is 18.2 Å². The average molecular weight is 183 g/mol. The van der Waals surface area contributed by atoms with Crippen LogP contribution in [-0.4, -0.2) is 11.0 Å². The summed E-state index contributed by atoms with van der Waals surface area (Å²) in [6.45, 7) is 0. The predicted octanol–water partition coefficient (Wildman–Crippen LogP) is -2.74. The quantitative estimate of drug-likeness (QED) is 0.478. The standard InChI is InChI=1S/C10H11NO2.Li/c12-9(13)7-10(4-5-10)8-3-1-2-6-11-8;/h1-3,6H,4-5,7H2,(H,12,13);/q;+1/p-1. The number of carbonyl (C=O) groups is 1. The molecule has 2 rings (SSSR count). The molecular formula is C10H10LiNO2. The molecule has 1 aliphatic rings. The van der Waals surface area contributed by atoms with Crippen LogP contribution in [0.4, 0.5) is 0 Å². The molecule has 0 aromatic carbocycles. The number of pyridine rings is 1. The van der Waals surface area contributed by atoms with E-state index in [1.165, 1.54) is 0 Å². The van der Waals surface area contributed by atoms with Crippen molar-refractivity contribution in [1.82, 2.24) is 4.98 Å². The van der Waals surface area contributed by atoms with Gasteiger partial charge in [-0.15, -0.1) is 0 Å². The van der Waals surface area contributed by atoms with Crippen molar-refractivity contribution in [2.24, 2.45) is 0 Å². The Morgan fingerprint density at radius 1 is 1.50 bits per heavy atom. The van der Waals surface area contributed by atoms with Crippen molar-refractivity contribution < 1.29 is 28.8 Å². The first kappa shape index (κ1) is 11.3. The molecule has 0 radical (unpaired) electrons. The number of rotatable bonds is 3. The molecule has 14 heavy (non-hydrogen) atoms. The Morgan fingerprint density at radius 3 is 2.64 bits per heavy atom. The van der Waals surface area contributed by atoms with Crippen molar-refractivity contribution in [2.45, 2.75) is 24.7 Å². The molecule has 0 unspecified atom stereocenters. The van der Waals surface area contributed by atoms with Crippen LogP contribution >= 0.6 is 0 Å². The number of carbonyl (C=O) groups excluding carboxylic acids is 1. The van der Waals surface area contributed by atoms with Crippen molar-refractivity contribution in [1.29, 1.82) is 0 Å². The fraction of sp³-hybridized carbons (Fsp3) is 0.400. The fourth-order valence-electron chi connectivity index (χ4n) is 1.63. The van der Waals surface area contributed by atoms with E-state index in [1.54, 1.807) is 6.20 Å². The maximum Gasteiger partial charge on any atom is 1.00 e. The molecule has 0 saturated heterocycles. The third-order valence-corrected chi connectivity index (χ3v) is 2.54. The van der Waals surface area contributed by atoms with Gasteiger partial charge >= 0.3 is 18.9 Å². The van der Waals surface area contributed by atoms with Gasteiger partial charge in [0, 0.05) is 23.3 Å². The molecule has 1 fully saturated rings. The molecule has 0 N–H and O–H groups in total. The number of nitrogens with zero attached hydrogens (tertiary/aromatic N) is 1. The van der Waals surface area contributed by atoms with E-state index in [4.69, 9.17) is 0 Å². The van der Waals surface area contributed by atoms with Crippen LogP contribution in [0.5, 0.6) is 0 Å². The number of hydrogen-bond donors (Lipinski definition) is 0. The van der Waals surface area contributed by atoms with Gasteiger partial charge in [0.15, 0.2) is 0 Å². The Hall–Kier alpha value is -0.783. The van der Waals surface area contributed by atoms with Crippen LogP contribution in [0.25, 0.3) is 0 Å². The molecule has 0 amide bonds. The zero-order valence-electron chi connectivity index (χ0n) is 8.19. The molecule has 1 aromatic rings. The molecule has 1 heterocycles.